The summed E-state index contributed by atoms with van der Waals surface area (Å²) < 4.78 is 0. The molecule has 106 valence electrons. The van der Waals surface area contributed by atoms with E-state index in [4.69, 9.17) is 5.11 Å². The van der Waals surface area contributed by atoms with Gasteiger partial charge in [-0.15, -0.1) is 0 Å². The Hall–Kier alpha value is -1.10. The first kappa shape index (κ1) is 16.9. The first-order valence-corrected chi connectivity index (χ1v) is 6.64. The van der Waals surface area contributed by atoms with Crippen molar-refractivity contribution in [3.63, 3.8) is 0 Å². The lowest BCUT2D eigenvalue weighted by Gasteiger charge is -2.31. The van der Waals surface area contributed by atoms with E-state index in [1.165, 1.54) is 5.01 Å². The van der Waals surface area contributed by atoms with E-state index in [-0.39, 0.29) is 12.5 Å². The summed E-state index contributed by atoms with van der Waals surface area (Å²) in [5, 5.41) is 12.3. The lowest BCUT2D eigenvalue weighted by molar-refractivity contribution is -0.151. The first-order valence-electron chi connectivity index (χ1n) is 6.64. The molecular formula is C13H26N2O3. The molecule has 0 saturated carbocycles. The summed E-state index contributed by atoms with van der Waals surface area (Å²) in [5.41, 5.74) is 0. The first-order chi connectivity index (χ1) is 8.43. The molecule has 0 spiro atoms. The van der Waals surface area contributed by atoms with Gasteiger partial charge in [0, 0.05) is 20.5 Å². The molecule has 0 aliphatic rings. The fourth-order valence-corrected chi connectivity index (χ4v) is 1.73. The van der Waals surface area contributed by atoms with Crippen LogP contribution in [0.15, 0.2) is 0 Å². The van der Waals surface area contributed by atoms with Crippen LogP contribution in [0.5, 0.6) is 0 Å². The number of unbranched alkanes of at least 4 members (excludes halogenated alkanes) is 2. The van der Waals surface area contributed by atoms with Gasteiger partial charge in [-0.05, 0) is 12.8 Å². The predicted molar refractivity (Wildman–Crippen MR) is 71.0 cm³/mol. The molecule has 0 aromatic carbocycles. The van der Waals surface area contributed by atoms with Gasteiger partial charge in [0.25, 0.3) is 0 Å². The van der Waals surface area contributed by atoms with Gasteiger partial charge in [0.05, 0.1) is 12.5 Å². The number of carbonyl (C=O) groups excluding carboxylic acids is 1. The Kier molecular flexibility index (Phi) is 8.37. The summed E-state index contributed by atoms with van der Waals surface area (Å²) in [6.07, 6.45) is 3.98. The van der Waals surface area contributed by atoms with Crippen molar-refractivity contribution in [2.45, 2.75) is 46.0 Å². The molecule has 1 unspecified atom stereocenters. The molecule has 0 fully saturated rings. The van der Waals surface area contributed by atoms with E-state index in [0.717, 1.165) is 19.3 Å². The summed E-state index contributed by atoms with van der Waals surface area (Å²) in [6, 6.07) is 0. The molecule has 5 nitrogen and oxygen atoms in total. The minimum Gasteiger partial charge on any atom is -0.481 e. The molecule has 18 heavy (non-hydrogen) atoms. The van der Waals surface area contributed by atoms with E-state index in [1.54, 1.807) is 19.1 Å². The number of carboxylic acids is 1. The van der Waals surface area contributed by atoms with Gasteiger partial charge in [-0.25, -0.2) is 5.01 Å². The molecule has 1 N–H and O–H groups in total. The number of hydrogen-bond acceptors (Lipinski definition) is 3. The van der Waals surface area contributed by atoms with Gasteiger partial charge in [-0.3, -0.25) is 14.6 Å². The van der Waals surface area contributed by atoms with Gasteiger partial charge in [-0.1, -0.05) is 26.7 Å². The molecule has 1 atom stereocenters. The molecule has 0 aliphatic heterocycles. The van der Waals surface area contributed by atoms with Crippen molar-refractivity contribution >= 4 is 11.9 Å². The second-order valence-electron chi connectivity index (χ2n) is 4.72. The molecule has 0 bridgehead atoms. The van der Waals surface area contributed by atoms with Gasteiger partial charge >= 0.3 is 5.97 Å². The fourth-order valence-electron chi connectivity index (χ4n) is 1.73. The number of hydrogen-bond donors (Lipinski definition) is 1. The van der Waals surface area contributed by atoms with E-state index in [1.807, 2.05) is 6.92 Å². The lowest BCUT2D eigenvalue weighted by Crippen LogP contribution is -2.45. The number of rotatable bonds is 9. The molecule has 1 amide bonds. The van der Waals surface area contributed by atoms with Crippen molar-refractivity contribution in [3.05, 3.63) is 0 Å². The van der Waals surface area contributed by atoms with Gasteiger partial charge < -0.3 is 5.11 Å². The summed E-state index contributed by atoms with van der Waals surface area (Å²) in [7, 11) is 3.54. The van der Waals surface area contributed by atoms with E-state index in [9.17, 15) is 9.59 Å². The normalized spacial score (nSPS) is 12.5. The number of carbonyl (C=O) groups is 2. The molecule has 0 radical (unpaired) electrons. The van der Waals surface area contributed by atoms with Gasteiger partial charge in [0.2, 0.25) is 5.91 Å². The highest BCUT2D eigenvalue weighted by molar-refractivity contribution is 5.77. The molecule has 0 aromatic heterocycles. The maximum absolute atomic E-state index is 12.0. The van der Waals surface area contributed by atoms with Crippen LogP contribution < -0.4 is 0 Å². The van der Waals surface area contributed by atoms with E-state index in [2.05, 4.69) is 6.92 Å². The SMILES string of the molecule is CCCCCC(=O)N(CC(CC)C(=O)O)N(C)C. The van der Waals surface area contributed by atoms with Crippen LogP contribution in [-0.2, 0) is 9.59 Å². The lowest BCUT2D eigenvalue weighted by atomic mass is 10.1. The van der Waals surface area contributed by atoms with Gasteiger partial charge in [0.1, 0.15) is 0 Å². The second kappa shape index (κ2) is 8.91. The highest BCUT2D eigenvalue weighted by Crippen LogP contribution is 2.10. The zero-order valence-electron chi connectivity index (χ0n) is 12.0. The second-order valence-corrected chi connectivity index (χ2v) is 4.72. The van der Waals surface area contributed by atoms with Crippen LogP contribution >= 0.6 is 0 Å². The maximum atomic E-state index is 12.0. The zero-order valence-corrected chi connectivity index (χ0v) is 12.0. The van der Waals surface area contributed by atoms with Crippen LogP contribution in [0.1, 0.15) is 46.0 Å². The Morgan fingerprint density at radius 2 is 1.78 bits per heavy atom. The Morgan fingerprint density at radius 3 is 2.17 bits per heavy atom. The Morgan fingerprint density at radius 1 is 1.17 bits per heavy atom. The molecular weight excluding hydrogens is 232 g/mol. The predicted octanol–water partition coefficient (Wildman–Crippen LogP) is 1.98. The number of hydrazine groups is 1. The largest absolute Gasteiger partial charge is 0.481 e. The zero-order chi connectivity index (χ0) is 14.1. The van der Waals surface area contributed by atoms with Crippen LogP contribution in [-0.4, -0.2) is 47.6 Å². The molecule has 0 heterocycles. The van der Waals surface area contributed by atoms with Gasteiger partial charge in [0.15, 0.2) is 0 Å². The number of amides is 1. The summed E-state index contributed by atoms with van der Waals surface area (Å²) in [4.78, 5) is 23.0. The minimum atomic E-state index is -0.842. The van der Waals surface area contributed by atoms with Crippen molar-refractivity contribution in [2.24, 2.45) is 5.92 Å². The van der Waals surface area contributed by atoms with Crippen LogP contribution in [0.2, 0.25) is 0 Å². The van der Waals surface area contributed by atoms with E-state index >= 15 is 0 Å². The molecule has 0 aliphatic carbocycles. The topological polar surface area (TPSA) is 60.9 Å². The highest BCUT2D eigenvalue weighted by atomic mass is 16.4. The number of carboxylic acid groups (broad SMARTS) is 1. The fraction of sp³-hybridized carbons (Fsp3) is 0.846. The third kappa shape index (κ3) is 6.00. The van der Waals surface area contributed by atoms with Crippen molar-refractivity contribution in [2.75, 3.05) is 20.6 Å². The van der Waals surface area contributed by atoms with Crippen molar-refractivity contribution in [3.8, 4) is 0 Å². The van der Waals surface area contributed by atoms with Crippen LogP contribution in [0.4, 0.5) is 0 Å². The van der Waals surface area contributed by atoms with E-state index < -0.39 is 11.9 Å². The number of nitrogens with zero attached hydrogens (tertiary/aromatic N) is 2. The monoisotopic (exact) mass is 258 g/mol. The van der Waals surface area contributed by atoms with Crippen LogP contribution in [0.25, 0.3) is 0 Å². The molecule has 0 saturated heterocycles. The Bertz CT molecular complexity index is 267. The summed E-state index contributed by atoms with van der Waals surface area (Å²) in [6.45, 7) is 4.17. The summed E-state index contributed by atoms with van der Waals surface area (Å²) in [5.74, 6) is -1.33. The average Bonchev–Trinajstić information content (AvgIpc) is 2.29. The standard InChI is InChI=1S/C13H26N2O3/c1-5-7-8-9-12(16)15(14(3)4)10-11(6-2)13(17)18/h11H,5-10H2,1-4H3,(H,17,18). The van der Waals surface area contributed by atoms with Crippen molar-refractivity contribution in [1.29, 1.82) is 0 Å². The average molecular weight is 258 g/mol. The van der Waals surface area contributed by atoms with Gasteiger partial charge in [-0.2, -0.15) is 0 Å². The quantitative estimate of drug-likeness (QED) is 0.507. The van der Waals surface area contributed by atoms with E-state index in [0.29, 0.717) is 12.8 Å². The minimum absolute atomic E-state index is 0.00755. The third-order valence-corrected chi connectivity index (χ3v) is 3.00. The number of aliphatic carboxylic acids is 1. The van der Waals surface area contributed by atoms with Crippen LogP contribution in [0, 0.1) is 5.92 Å². The molecule has 5 heteroatoms. The smallest absolute Gasteiger partial charge is 0.308 e. The maximum Gasteiger partial charge on any atom is 0.308 e. The Labute approximate surface area is 110 Å². The summed E-state index contributed by atoms with van der Waals surface area (Å²) >= 11 is 0. The highest BCUT2D eigenvalue weighted by Gasteiger charge is 2.23. The third-order valence-electron chi connectivity index (χ3n) is 3.00. The molecule has 0 aromatic rings. The molecule has 0 rings (SSSR count). The van der Waals surface area contributed by atoms with Crippen LogP contribution in [0.3, 0.4) is 0 Å². The van der Waals surface area contributed by atoms with Crippen molar-refractivity contribution < 1.29 is 14.7 Å². The Balaban J connectivity index is 4.45. The van der Waals surface area contributed by atoms with Crippen molar-refractivity contribution in [1.82, 2.24) is 10.0 Å².